The molecule has 1 rings (SSSR count). The Morgan fingerprint density at radius 1 is 1.04 bits per heavy atom. The predicted molar refractivity (Wildman–Crippen MR) is 101 cm³/mol. The largest absolute Gasteiger partial charge is 0.299 e. The first-order chi connectivity index (χ1) is 10.9. The van der Waals surface area contributed by atoms with E-state index in [1.165, 1.54) is 22.8 Å². The number of allylic oxidation sites excluding steroid dienone is 14. The molecular weight excluding hydrogens is 280 g/mol. The van der Waals surface area contributed by atoms with Gasteiger partial charge in [-0.05, 0) is 49.8 Å². The predicted octanol–water partition coefficient (Wildman–Crippen LogP) is 6.05. The second-order valence-corrected chi connectivity index (χ2v) is 6.62. The Labute approximate surface area is 141 Å². The van der Waals surface area contributed by atoms with Crippen molar-refractivity contribution in [1.82, 2.24) is 0 Å². The van der Waals surface area contributed by atoms with Gasteiger partial charge in [0.05, 0.1) is 0 Å². The molecule has 23 heavy (non-hydrogen) atoms. The lowest BCUT2D eigenvalue weighted by Gasteiger charge is -2.29. The lowest BCUT2D eigenvalue weighted by atomic mass is 9.75. The molecule has 0 saturated carbocycles. The van der Waals surface area contributed by atoms with Crippen LogP contribution in [0, 0.1) is 5.41 Å². The van der Waals surface area contributed by atoms with Gasteiger partial charge in [-0.15, -0.1) is 0 Å². The summed E-state index contributed by atoms with van der Waals surface area (Å²) in [7, 11) is 0. The van der Waals surface area contributed by atoms with Crippen LogP contribution in [0.2, 0.25) is 0 Å². The third-order valence-corrected chi connectivity index (χ3v) is 3.93. The Morgan fingerprint density at radius 2 is 1.70 bits per heavy atom. The van der Waals surface area contributed by atoms with Crippen molar-refractivity contribution in [3.05, 3.63) is 83.1 Å². The Hall–Kier alpha value is -2.15. The number of carbonyl (C=O) groups excluding carboxylic acids is 1. The molecule has 0 amide bonds. The summed E-state index contributed by atoms with van der Waals surface area (Å²) in [5.74, 6) is 0. The molecule has 0 unspecified atom stereocenters. The van der Waals surface area contributed by atoms with Gasteiger partial charge in [-0.2, -0.15) is 0 Å². The molecule has 0 aromatic rings. The van der Waals surface area contributed by atoms with Gasteiger partial charge in [-0.3, -0.25) is 4.79 Å². The summed E-state index contributed by atoms with van der Waals surface area (Å²) in [6.07, 6.45) is 22.1. The van der Waals surface area contributed by atoms with Gasteiger partial charge < -0.3 is 0 Å². The van der Waals surface area contributed by atoms with Crippen LogP contribution in [0.3, 0.4) is 0 Å². The van der Waals surface area contributed by atoms with Crippen LogP contribution in [0.5, 0.6) is 0 Å². The van der Waals surface area contributed by atoms with E-state index in [1.54, 1.807) is 6.08 Å². The Balaban J connectivity index is 2.77. The van der Waals surface area contributed by atoms with Crippen molar-refractivity contribution in [2.24, 2.45) is 5.41 Å². The Kier molecular flexibility index (Phi) is 7.47. The molecule has 0 bridgehead atoms. The third-order valence-electron chi connectivity index (χ3n) is 3.93. The fourth-order valence-corrected chi connectivity index (χ4v) is 2.55. The minimum Gasteiger partial charge on any atom is -0.299 e. The van der Waals surface area contributed by atoms with Gasteiger partial charge >= 0.3 is 0 Å². The van der Waals surface area contributed by atoms with E-state index in [0.29, 0.717) is 0 Å². The normalized spacial score (nSPS) is 19.5. The molecule has 0 saturated heterocycles. The molecule has 0 atom stereocenters. The summed E-state index contributed by atoms with van der Waals surface area (Å²) in [5.41, 5.74) is 5.28. The summed E-state index contributed by atoms with van der Waals surface area (Å²) in [4.78, 5) is 10.2. The molecular formula is C22H28O. The zero-order chi connectivity index (χ0) is 17.3. The summed E-state index contributed by atoms with van der Waals surface area (Å²) >= 11 is 0. The lowest BCUT2D eigenvalue weighted by molar-refractivity contribution is -0.104. The maximum absolute atomic E-state index is 10.2. The SMILES string of the molecule is CC1=C(/C=C/C(C)=C/C=C/C(C)=C/C=C/C=O)C(C)(C)CC=C1. The number of rotatable bonds is 6. The topological polar surface area (TPSA) is 17.1 Å². The molecule has 1 heteroatoms. The fourth-order valence-electron chi connectivity index (χ4n) is 2.55. The van der Waals surface area contributed by atoms with Crippen molar-refractivity contribution in [2.75, 3.05) is 0 Å². The van der Waals surface area contributed by atoms with Gasteiger partial charge in [0.25, 0.3) is 0 Å². The second kappa shape index (κ2) is 9.09. The molecule has 0 spiro atoms. The second-order valence-electron chi connectivity index (χ2n) is 6.62. The highest BCUT2D eigenvalue weighted by Gasteiger charge is 2.23. The number of hydrogen-bond donors (Lipinski definition) is 0. The average Bonchev–Trinajstić information content (AvgIpc) is 2.46. The highest BCUT2D eigenvalue weighted by molar-refractivity contribution is 5.65. The molecule has 0 N–H and O–H groups in total. The van der Waals surface area contributed by atoms with Crippen LogP contribution in [-0.4, -0.2) is 6.29 Å². The van der Waals surface area contributed by atoms with Crippen molar-refractivity contribution in [3.8, 4) is 0 Å². The van der Waals surface area contributed by atoms with E-state index in [1.807, 2.05) is 25.2 Å². The standard InChI is InChI=1S/C22H28O/c1-18(10-6-7-17-23)11-8-12-19(2)14-15-21-20(3)13-9-16-22(21,4)5/h6-15,17H,16H2,1-5H3/b7-6+,11-8+,15-14+,18-10+,19-12+. The summed E-state index contributed by atoms with van der Waals surface area (Å²) in [5, 5.41) is 0. The summed E-state index contributed by atoms with van der Waals surface area (Å²) in [6, 6.07) is 0. The first kappa shape index (κ1) is 18.9. The molecule has 0 fully saturated rings. The number of carbonyl (C=O) groups is 1. The van der Waals surface area contributed by atoms with Gasteiger partial charge in [0.15, 0.2) is 0 Å². The van der Waals surface area contributed by atoms with E-state index in [4.69, 9.17) is 0 Å². The molecule has 0 radical (unpaired) electrons. The molecule has 0 heterocycles. The molecule has 1 nitrogen and oxygen atoms in total. The van der Waals surface area contributed by atoms with E-state index >= 15 is 0 Å². The minimum atomic E-state index is 0.204. The molecule has 1 aliphatic rings. The van der Waals surface area contributed by atoms with E-state index in [0.717, 1.165) is 18.3 Å². The van der Waals surface area contributed by atoms with Gasteiger partial charge in [0, 0.05) is 0 Å². The monoisotopic (exact) mass is 308 g/mol. The minimum absolute atomic E-state index is 0.204. The molecule has 0 aromatic heterocycles. The van der Waals surface area contributed by atoms with Gasteiger partial charge in [-0.1, -0.05) is 79.7 Å². The number of aldehydes is 1. The Bertz CT molecular complexity index is 629. The highest BCUT2D eigenvalue weighted by atomic mass is 16.1. The van der Waals surface area contributed by atoms with Crippen molar-refractivity contribution in [1.29, 1.82) is 0 Å². The van der Waals surface area contributed by atoms with E-state index in [-0.39, 0.29) is 5.41 Å². The van der Waals surface area contributed by atoms with Crippen molar-refractivity contribution in [3.63, 3.8) is 0 Å². The van der Waals surface area contributed by atoms with Gasteiger partial charge in [-0.25, -0.2) is 0 Å². The van der Waals surface area contributed by atoms with Crippen molar-refractivity contribution >= 4 is 6.29 Å². The van der Waals surface area contributed by atoms with E-state index < -0.39 is 0 Å². The first-order valence-electron chi connectivity index (χ1n) is 8.06. The van der Waals surface area contributed by atoms with Crippen LogP contribution in [0.1, 0.15) is 41.0 Å². The third kappa shape index (κ3) is 6.65. The molecule has 0 aliphatic heterocycles. The molecule has 122 valence electrons. The summed E-state index contributed by atoms with van der Waals surface area (Å²) in [6.45, 7) is 10.9. The number of hydrogen-bond acceptors (Lipinski definition) is 1. The van der Waals surface area contributed by atoms with Crippen LogP contribution >= 0.6 is 0 Å². The maximum Gasteiger partial charge on any atom is 0.142 e. The highest BCUT2D eigenvalue weighted by Crippen LogP contribution is 2.37. The van der Waals surface area contributed by atoms with Crippen LogP contribution < -0.4 is 0 Å². The van der Waals surface area contributed by atoms with E-state index in [9.17, 15) is 4.79 Å². The lowest BCUT2D eigenvalue weighted by Crippen LogP contribution is -2.16. The van der Waals surface area contributed by atoms with Crippen molar-refractivity contribution < 1.29 is 4.79 Å². The van der Waals surface area contributed by atoms with Crippen LogP contribution in [0.25, 0.3) is 0 Å². The Morgan fingerprint density at radius 3 is 2.35 bits per heavy atom. The zero-order valence-electron chi connectivity index (χ0n) is 15.0. The molecule has 0 aromatic carbocycles. The quantitative estimate of drug-likeness (QED) is 0.331. The molecule has 1 aliphatic carbocycles. The van der Waals surface area contributed by atoms with Gasteiger partial charge in [0.2, 0.25) is 0 Å². The van der Waals surface area contributed by atoms with Crippen LogP contribution in [0.15, 0.2) is 83.1 Å². The van der Waals surface area contributed by atoms with Crippen LogP contribution in [0.4, 0.5) is 0 Å². The zero-order valence-corrected chi connectivity index (χ0v) is 15.0. The summed E-state index contributed by atoms with van der Waals surface area (Å²) < 4.78 is 0. The van der Waals surface area contributed by atoms with Crippen LogP contribution in [-0.2, 0) is 4.79 Å². The van der Waals surface area contributed by atoms with E-state index in [2.05, 4.69) is 58.1 Å². The van der Waals surface area contributed by atoms with Crippen molar-refractivity contribution in [2.45, 2.75) is 41.0 Å². The smallest absolute Gasteiger partial charge is 0.142 e. The fraction of sp³-hybridized carbons (Fsp3) is 0.318. The maximum atomic E-state index is 10.2. The average molecular weight is 308 g/mol. The van der Waals surface area contributed by atoms with Gasteiger partial charge in [0.1, 0.15) is 6.29 Å². The first-order valence-corrected chi connectivity index (χ1v) is 8.06.